The number of hydrogen-bond donors (Lipinski definition) is 1. The summed E-state index contributed by atoms with van der Waals surface area (Å²) in [5.74, 6) is 0.0605. The Morgan fingerprint density at radius 1 is 1.17 bits per heavy atom. The van der Waals surface area contributed by atoms with Crippen molar-refractivity contribution < 1.29 is 14.5 Å². The van der Waals surface area contributed by atoms with Gasteiger partial charge in [-0.25, -0.2) is 0 Å². The van der Waals surface area contributed by atoms with E-state index in [-0.39, 0.29) is 23.7 Å². The zero-order chi connectivity index (χ0) is 17.0. The number of carbonyl (C=O) groups excluding carboxylic acids is 1. The SMILES string of the molecule is COc1ccc(NC(=O)Cc2ccc(C)c(C)c2)c([N+](=O)[O-])c1. The van der Waals surface area contributed by atoms with Crippen molar-refractivity contribution in [2.75, 3.05) is 12.4 Å². The number of nitrogens with zero attached hydrogens (tertiary/aromatic N) is 1. The third-order valence-electron chi connectivity index (χ3n) is 3.61. The fraction of sp³-hybridized carbons (Fsp3) is 0.235. The summed E-state index contributed by atoms with van der Waals surface area (Å²) >= 11 is 0. The Hall–Kier alpha value is -2.89. The Morgan fingerprint density at radius 2 is 1.91 bits per heavy atom. The number of nitro groups is 1. The Balaban J connectivity index is 2.16. The lowest BCUT2D eigenvalue weighted by molar-refractivity contribution is -0.384. The summed E-state index contributed by atoms with van der Waals surface area (Å²) in [6.07, 6.45) is 0.157. The van der Waals surface area contributed by atoms with E-state index in [0.717, 1.165) is 16.7 Å². The maximum Gasteiger partial charge on any atom is 0.296 e. The number of carbonyl (C=O) groups is 1. The lowest BCUT2D eigenvalue weighted by atomic mass is 10.0. The predicted molar refractivity (Wildman–Crippen MR) is 87.9 cm³/mol. The van der Waals surface area contributed by atoms with E-state index in [4.69, 9.17) is 4.74 Å². The number of nitro benzene ring substituents is 1. The average molecular weight is 314 g/mol. The molecule has 0 heterocycles. The van der Waals surface area contributed by atoms with Crippen molar-refractivity contribution in [3.05, 3.63) is 63.2 Å². The monoisotopic (exact) mass is 314 g/mol. The third-order valence-corrected chi connectivity index (χ3v) is 3.61. The molecule has 0 bridgehead atoms. The lowest BCUT2D eigenvalue weighted by Gasteiger charge is -2.08. The fourth-order valence-corrected chi connectivity index (χ4v) is 2.19. The number of aryl methyl sites for hydroxylation is 2. The van der Waals surface area contributed by atoms with Crippen LogP contribution < -0.4 is 10.1 Å². The van der Waals surface area contributed by atoms with Gasteiger partial charge in [-0.15, -0.1) is 0 Å². The van der Waals surface area contributed by atoms with E-state index in [1.54, 1.807) is 6.07 Å². The molecule has 1 N–H and O–H groups in total. The number of benzene rings is 2. The summed E-state index contributed by atoms with van der Waals surface area (Å²) in [5.41, 5.74) is 3.08. The molecule has 6 heteroatoms. The normalized spacial score (nSPS) is 10.2. The van der Waals surface area contributed by atoms with Crippen molar-refractivity contribution in [2.24, 2.45) is 0 Å². The number of anilines is 1. The molecule has 0 aliphatic rings. The number of hydrogen-bond acceptors (Lipinski definition) is 4. The second-order valence-electron chi connectivity index (χ2n) is 5.28. The van der Waals surface area contributed by atoms with Gasteiger partial charge in [0.15, 0.2) is 0 Å². The summed E-state index contributed by atoms with van der Waals surface area (Å²) in [7, 11) is 1.43. The third kappa shape index (κ3) is 4.06. The molecular formula is C17H18N2O4. The second-order valence-corrected chi connectivity index (χ2v) is 5.28. The van der Waals surface area contributed by atoms with Crippen molar-refractivity contribution in [3.8, 4) is 5.75 Å². The van der Waals surface area contributed by atoms with Crippen molar-refractivity contribution in [3.63, 3.8) is 0 Å². The minimum absolute atomic E-state index is 0.157. The van der Waals surface area contributed by atoms with Crippen LogP contribution >= 0.6 is 0 Å². The molecule has 0 unspecified atom stereocenters. The van der Waals surface area contributed by atoms with E-state index in [1.165, 1.54) is 19.2 Å². The molecule has 0 aliphatic heterocycles. The molecule has 1 amide bonds. The Labute approximate surface area is 134 Å². The fourth-order valence-electron chi connectivity index (χ4n) is 2.19. The van der Waals surface area contributed by atoms with Gasteiger partial charge < -0.3 is 10.1 Å². The maximum atomic E-state index is 12.1. The number of nitrogens with one attached hydrogen (secondary N) is 1. The molecule has 0 saturated heterocycles. The summed E-state index contributed by atoms with van der Waals surface area (Å²) in [6.45, 7) is 3.98. The predicted octanol–water partition coefficient (Wildman–Crippen LogP) is 3.40. The van der Waals surface area contributed by atoms with E-state index in [0.29, 0.717) is 5.75 Å². The summed E-state index contributed by atoms with van der Waals surface area (Å²) < 4.78 is 4.97. The number of amides is 1. The first kappa shape index (κ1) is 16.5. The lowest BCUT2D eigenvalue weighted by Crippen LogP contribution is -2.15. The van der Waals surface area contributed by atoms with Gasteiger partial charge in [0.1, 0.15) is 11.4 Å². The largest absolute Gasteiger partial charge is 0.496 e. The van der Waals surface area contributed by atoms with E-state index in [9.17, 15) is 14.9 Å². The van der Waals surface area contributed by atoms with Gasteiger partial charge in [-0.2, -0.15) is 0 Å². The maximum absolute atomic E-state index is 12.1. The zero-order valence-electron chi connectivity index (χ0n) is 13.3. The Morgan fingerprint density at radius 3 is 2.52 bits per heavy atom. The highest BCUT2D eigenvalue weighted by atomic mass is 16.6. The van der Waals surface area contributed by atoms with Crippen LogP contribution in [0.2, 0.25) is 0 Å². The van der Waals surface area contributed by atoms with E-state index >= 15 is 0 Å². The van der Waals surface area contributed by atoms with Gasteiger partial charge >= 0.3 is 0 Å². The first-order valence-corrected chi connectivity index (χ1v) is 7.09. The summed E-state index contributed by atoms with van der Waals surface area (Å²) in [4.78, 5) is 22.7. The van der Waals surface area contributed by atoms with Gasteiger partial charge in [-0.1, -0.05) is 18.2 Å². The topological polar surface area (TPSA) is 81.5 Å². The van der Waals surface area contributed by atoms with Crippen LogP contribution in [0.5, 0.6) is 5.75 Å². The first-order valence-electron chi connectivity index (χ1n) is 7.09. The van der Waals surface area contributed by atoms with E-state index < -0.39 is 4.92 Å². The number of methoxy groups -OCH3 is 1. The molecular weight excluding hydrogens is 296 g/mol. The molecule has 2 aromatic rings. The van der Waals surface area contributed by atoms with Gasteiger partial charge in [0.2, 0.25) is 5.91 Å². The average Bonchev–Trinajstić information content (AvgIpc) is 2.51. The summed E-state index contributed by atoms with van der Waals surface area (Å²) in [6, 6.07) is 10.1. The van der Waals surface area contributed by atoms with E-state index in [2.05, 4.69) is 5.32 Å². The van der Waals surface area contributed by atoms with Gasteiger partial charge in [-0.3, -0.25) is 14.9 Å². The Kier molecular flexibility index (Phi) is 4.95. The quantitative estimate of drug-likeness (QED) is 0.677. The van der Waals surface area contributed by atoms with Crippen molar-refractivity contribution >= 4 is 17.3 Å². The number of ether oxygens (including phenoxy) is 1. The van der Waals surface area contributed by atoms with Crippen molar-refractivity contribution in [1.29, 1.82) is 0 Å². The molecule has 0 saturated carbocycles. The van der Waals surface area contributed by atoms with Crippen LogP contribution in [0.4, 0.5) is 11.4 Å². The van der Waals surface area contributed by atoms with Crippen LogP contribution in [0, 0.1) is 24.0 Å². The minimum Gasteiger partial charge on any atom is -0.496 e. The molecule has 2 aromatic carbocycles. The minimum atomic E-state index is -0.547. The van der Waals surface area contributed by atoms with Crippen molar-refractivity contribution in [1.82, 2.24) is 0 Å². The Bertz CT molecular complexity index is 756. The molecule has 6 nitrogen and oxygen atoms in total. The highest BCUT2D eigenvalue weighted by Crippen LogP contribution is 2.29. The van der Waals surface area contributed by atoms with Gasteiger partial charge in [0, 0.05) is 0 Å². The van der Waals surface area contributed by atoms with Crippen LogP contribution in [0.15, 0.2) is 36.4 Å². The molecule has 120 valence electrons. The number of rotatable bonds is 5. The molecule has 0 aliphatic carbocycles. The summed E-state index contributed by atoms with van der Waals surface area (Å²) in [5, 5.41) is 13.7. The molecule has 0 spiro atoms. The molecule has 2 rings (SSSR count). The zero-order valence-corrected chi connectivity index (χ0v) is 13.3. The van der Waals surface area contributed by atoms with Crippen LogP contribution in [-0.4, -0.2) is 17.9 Å². The smallest absolute Gasteiger partial charge is 0.296 e. The van der Waals surface area contributed by atoms with Crippen LogP contribution in [0.1, 0.15) is 16.7 Å². The van der Waals surface area contributed by atoms with Crippen molar-refractivity contribution in [2.45, 2.75) is 20.3 Å². The highest BCUT2D eigenvalue weighted by Gasteiger charge is 2.17. The van der Waals surface area contributed by atoms with Crippen LogP contribution in [0.3, 0.4) is 0 Å². The van der Waals surface area contributed by atoms with Gasteiger partial charge in [0.05, 0.1) is 24.5 Å². The molecule has 23 heavy (non-hydrogen) atoms. The standard InChI is InChI=1S/C17H18N2O4/c1-11-4-5-13(8-12(11)2)9-17(20)18-15-7-6-14(23-3)10-16(15)19(21)22/h4-8,10H,9H2,1-3H3,(H,18,20). The van der Waals surface area contributed by atoms with Gasteiger partial charge in [0.25, 0.3) is 5.69 Å². The molecule has 0 fully saturated rings. The highest BCUT2D eigenvalue weighted by molar-refractivity contribution is 5.94. The van der Waals surface area contributed by atoms with E-state index in [1.807, 2.05) is 32.0 Å². The van der Waals surface area contributed by atoms with Gasteiger partial charge in [-0.05, 0) is 42.7 Å². The van der Waals surface area contributed by atoms with Crippen LogP contribution in [-0.2, 0) is 11.2 Å². The molecule has 0 aromatic heterocycles. The van der Waals surface area contributed by atoms with Crippen LogP contribution in [0.25, 0.3) is 0 Å². The second kappa shape index (κ2) is 6.91. The molecule has 0 radical (unpaired) electrons. The first-order chi connectivity index (χ1) is 10.9. The molecule has 0 atom stereocenters.